The lowest BCUT2D eigenvalue weighted by Gasteiger charge is -1.94. The largest absolute Gasteiger partial charge is 0.210 e. The Morgan fingerprint density at radius 1 is 0.833 bits per heavy atom. The zero-order valence-corrected chi connectivity index (χ0v) is 12.4. The molecule has 0 aliphatic rings. The molecule has 98 valence electrons. The van der Waals surface area contributed by atoms with Crippen molar-refractivity contribution in [2.45, 2.75) is 41.0 Å². The smallest absolute Gasteiger partial charge is 0.167 e. The van der Waals surface area contributed by atoms with Crippen molar-refractivity contribution < 1.29 is 4.57 Å². The molecule has 2 rings (SSSR count). The molecule has 0 spiro atoms. The summed E-state index contributed by atoms with van der Waals surface area (Å²) in [6.07, 6.45) is 5.40. The second-order valence-corrected chi connectivity index (χ2v) is 3.83. The number of pyridine rings is 1. The van der Waals surface area contributed by atoms with Crippen LogP contribution >= 0.6 is 0 Å². The van der Waals surface area contributed by atoms with E-state index in [0.29, 0.717) is 0 Å². The van der Waals surface area contributed by atoms with Gasteiger partial charge in [-0.1, -0.05) is 52.3 Å². The maximum atomic E-state index is 2.12. The van der Waals surface area contributed by atoms with Gasteiger partial charge in [0.1, 0.15) is 0 Å². The molecular formula is C17H26N+. The second kappa shape index (κ2) is 10.5. The van der Waals surface area contributed by atoms with Gasteiger partial charge < -0.3 is 0 Å². The van der Waals surface area contributed by atoms with Crippen molar-refractivity contribution in [3.8, 4) is 5.69 Å². The molecule has 0 aliphatic heterocycles. The van der Waals surface area contributed by atoms with Crippen LogP contribution in [0, 0.1) is 6.92 Å². The van der Waals surface area contributed by atoms with E-state index in [4.69, 9.17) is 0 Å². The standard InChI is InChI=1S/C12H12N.C3H8.C2H6/c1-11-7-9-13(10-8-11)12-5-3-2-4-6-12;1-3-2;1-2/h2-10H,1H3;3H2,1-2H3;1-2H3/q+1;;. The first-order valence-electron chi connectivity index (χ1n) is 6.81. The number of para-hydroxylation sites is 1. The SMILES string of the molecule is CC.CCC.Cc1cc[n+](-c2ccccc2)cc1. The minimum Gasteiger partial charge on any atom is -0.167 e. The second-order valence-electron chi connectivity index (χ2n) is 3.83. The van der Waals surface area contributed by atoms with Gasteiger partial charge in [0.15, 0.2) is 12.4 Å². The molecule has 0 fully saturated rings. The molecule has 1 aromatic heterocycles. The molecule has 0 N–H and O–H groups in total. The molecule has 0 saturated carbocycles. The summed E-state index contributed by atoms with van der Waals surface area (Å²) in [6, 6.07) is 14.5. The van der Waals surface area contributed by atoms with E-state index in [1.165, 1.54) is 17.7 Å². The first-order chi connectivity index (χ1) is 8.77. The molecule has 0 bridgehead atoms. The van der Waals surface area contributed by atoms with Gasteiger partial charge in [-0.05, 0) is 12.5 Å². The van der Waals surface area contributed by atoms with Crippen LogP contribution in [-0.2, 0) is 0 Å². The number of aryl methyl sites for hydroxylation is 1. The quantitative estimate of drug-likeness (QED) is 0.639. The van der Waals surface area contributed by atoms with Crippen LogP contribution < -0.4 is 4.57 Å². The summed E-state index contributed by atoms with van der Waals surface area (Å²) in [5.74, 6) is 0. The third-order valence-corrected chi connectivity index (χ3v) is 2.05. The monoisotopic (exact) mass is 244 g/mol. The molecule has 1 heterocycles. The number of nitrogens with zero attached hydrogens (tertiary/aromatic N) is 1. The molecule has 0 amide bonds. The topological polar surface area (TPSA) is 3.88 Å². The highest BCUT2D eigenvalue weighted by atomic mass is 14.9. The first kappa shape index (κ1) is 16.4. The fourth-order valence-electron chi connectivity index (χ4n) is 1.27. The molecule has 0 saturated heterocycles. The van der Waals surface area contributed by atoms with Crippen LogP contribution in [0.15, 0.2) is 54.9 Å². The third kappa shape index (κ3) is 6.19. The highest BCUT2D eigenvalue weighted by molar-refractivity contribution is 5.21. The van der Waals surface area contributed by atoms with Crippen molar-refractivity contribution in [1.29, 1.82) is 0 Å². The number of hydrogen-bond donors (Lipinski definition) is 0. The molecule has 1 heteroatoms. The van der Waals surface area contributed by atoms with E-state index >= 15 is 0 Å². The molecule has 1 aromatic carbocycles. The van der Waals surface area contributed by atoms with Crippen molar-refractivity contribution in [2.24, 2.45) is 0 Å². The lowest BCUT2D eigenvalue weighted by molar-refractivity contribution is -0.595. The Hall–Kier alpha value is -1.63. The summed E-state index contributed by atoms with van der Waals surface area (Å²) in [7, 11) is 0. The van der Waals surface area contributed by atoms with Crippen molar-refractivity contribution in [3.05, 3.63) is 60.4 Å². The summed E-state index contributed by atoms with van der Waals surface area (Å²) in [6.45, 7) is 10.3. The summed E-state index contributed by atoms with van der Waals surface area (Å²) in [5, 5.41) is 0. The van der Waals surface area contributed by atoms with E-state index in [1.54, 1.807) is 0 Å². The lowest BCUT2D eigenvalue weighted by atomic mass is 10.3. The van der Waals surface area contributed by atoms with Crippen LogP contribution in [0.25, 0.3) is 5.69 Å². The van der Waals surface area contributed by atoms with Crippen LogP contribution in [-0.4, -0.2) is 0 Å². The third-order valence-electron chi connectivity index (χ3n) is 2.05. The van der Waals surface area contributed by atoms with E-state index in [0.717, 1.165) is 0 Å². The maximum absolute atomic E-state index is 2.12. The summed E-state index contributed by atoms with van der Waals surface area (Å²) >= 11 is 0. The van der Waals surface area contributed by atoms with Crippen molar-refractivity contribution in [3.63, 3.8) is 0 Å². The lowest BCUT2D eigenvalue weighted by Crippen LogP contribution is -2.28. The number of aromatic nitrogens is 1. The molecule has 0 aliphatic carbocycles. The number of hydrogen-bond acceptors (Lipinski definition) is 0. The average Bonchev–Trinajstić information content (AvgIpc) is 2.44. The van der Waals surface area contributed by atoms with Crippen LogP contribution in [0.1, 0.15) is 39.7 Å². The Morgan fingerprint density at radius 3 is 1.72 bits per heavy atom. The molecule has 0 radical (unpaired) electrons. The summed E-state index contributed by atoms with van der Waals surface area (Å²) < 4.78 is 2.10. The zero-order chi connectivity index (χ0) is 13.8. The summed E-state index contributed by atoms with van der Waals surface area (Å²) in [5.41, 5.74) is 2.48. The molecular weight excluding hydrogens is 218 g/mol. The normalized spacial score (nSPS) is 8.50. The van der Waals surface area contributed by atoms with E-state index < -0.39 is 0 Å². The highest BCUT2D eigenvalue weighted by Crippen LogP contribution is 1.98. The fourth-order valence-corrected chi connectivity index (χ4v) is 1.27. The number of rotatable bonds is 1. The van der Waals surface area contributed by atoms with E-state index in [1.807, 2.05) is 32.0 Å². The molecule has 18 heavy (non-hydrogen) atoms. The van der Waals surface area contributed by atoms with Crippen LogP contribution in [0.4, 0.5) is 0 Å². The minimum absolute atomic E-state index is 1.20. The van der Waals surface area contributed by atoms with Gasteiger partial charge in [0, 0.05) is 24.3 Å². The first-order valence-corrected chi connectivity index (χ1v) is 6.81. The Labute approximate surface area is 112 Å². The van der Waals surface area contributed by atoms with Gasteiger partial charge in [0.2, 0.25) is 5.69 Å². The van der Waals surface area contributed by atoms with E-state index in [2.05, 4.69) is 62.0 Å². The van der Waals surface area contributed by atoms with Gasteiger partial charge in [-0.25, -0.2) is 0 Å². The highest BCUT2D eigenvalue weighted by Gasteiger charge is 2.01. The van der Waals surface area contributed by atoms with Crippen molar-refractivity contribution in [2.75, 3.05) is 0 Å². The Bertz CT molecular complexity index is 390. The van der Waals surface area contributed by atoms with Gasteiger partial charge in [-0.2, -0.15) is 4.57 Å². The van der Waals surface area contributed by atoms with E-state index in [9.17, 15) is 0 Å². The minimum atomic E-state index is 1.20. The molecule has 2 aromatic rings. The maximum Gasteiger partial charge on any atom is 0.210 e. The number of benzene rings is 1. The van der Waals surface area contributed by atoms with Crippen molar-refractivity contribution in [1.82, 2.24) is 0 Å². The predicted molar refractivity (Wildman–Crippen MR) is 80.0 cm³/mol. The van der Waals surface area contributed by atoms with Gasteiger partial charge in [0.05, 0.1) is 0 Å². The molecule has 0 unspecified atom stereocenters. The molecule has 0 atom stereocenters. The van der Waals surface area contributed by atoms with Crippen LogP contribution in [0.2, 0.25) is 0 Å². The molecule has 1 nitrogen and oxygen atoms in total. The van der Waals surface area contributed by atoms with Gasteiger partial charge >= 0.3 is 0 Å². The van der Waals surface area contributed by atoms with Gasteiger partial charge in [-0.15, -0.1) is 0 Å². The predicted octanol–water partition coefficient (Wildman–Crippen LogP) is 4.71. The van der Waals surface area contributed by atoms with Crippen LogP contribution in [0.5, 0.6) is 0 Å². The fraction of sp³-hybridized carbons (Fsp3) is 0.353. The van der Waals surface area contributed by atoms with E-state index in [-0.39, 0.29) is 0 Å². The van der Waals surface area contributed by atoms with Gasteiger partial charge in [0.25, 0.3) is 0 Å². The average molecular weight is 244 g/mol. The Kier molecular flexibility index (Phi) is 9.57. The zero-order valence-electron chi connectivity index (χ0n) is 12.4. The van der Waals surface area contributed by atoms with Crippen molar-refractivity contribution >= 4 is 0 Å². The van der Waals surface area contributed by atoms with Gasteiger partial charge in [-0.3, -0.25) is 0 Å². The van der Waals surface area contributed by atoms with Crippen LogP contribution in [0.3, 0.4) is 0 Å². The summed E-state index contributed by atoms with van der Waals surface area (Å²) in [4.78, 5) is 0. The Morgan fingerprint density at radius 2 is 1.28 bits per heavy atom. The Balaban J connectivity index is 0.000000509.